The topological polar surface area (TPSA) is 44.8 Å². The number of amides is 1. The Hall–Kier alpha value is -1.30. The minimum atomic E-state index is 0. The zero-order valence-corrected chi connectivity index (χ0v) is 13.5. The van der Waals surface area contributed by atoms with Crippen molar-refractivity contribution in [2.75, 3.05) is 46.9 Å². The Labute approximate surface area is 132 Å². The molecule has 1 aromatic carbocycles. The Morgan fingerprint density at radius 3 is 2.76 bits per heavy atom. The molecule has 0 unspecified atom stereocenters. The number of hydrogen-bond donors (Lipinski definition) is 1. The minimum Gasteiger partial charge on any atom is -0.497 e. The molecule has 1 saturated heterocycles. The molecule has 1 heterocycles. The van der Waals surface area contributed by atoms with Gasteiger partial charge in [0.2, 0.25) is 5.91 Å². The predicted molar refractivity (Wildman–Crippen MR) is 86.0 cm³/mol. The first kappa shape index (κ1) is 17.8. The molecule has 0 aromatic heterocycles. The van der Waals surface area contributed by atoms with Crippen LogP contribution in [0.4, 0.5) is 0 Å². The van der Waals surface area contributed by atoms with Crippen molar-refractivity contribution in [3.05, 3.63) is 29.8 Å². The molecule has 0 saturated carbocycles. The van der Waals surface area contributed by atoms with Crippen molar-refractivity contribution >= 4 is 18.3 Å². The maximum atomic E-state index is 12.2. The van der Waals surface area contributed by atoms with E-state index >= 15 is 0 Å². The van der Waals surface area contributed by atoms with Crippen molar-refractivity contribution in [2.45, 2.75) is 6.54 Å². The number of carbonyl (C=O) groups is 1. The number of rotatable bonds is 5. The van der Waals surface area contributed by atoms with Crippen LogP contribution in [0, 0.1) is 0 Å². The van der Waals surface area contributed by atoms with Crippen LogP contribution in [0.3, 0.4) is 0 Å². The summed E-state index contributed by atoms with van der Waals surface area (Å²) in [6.07, 6.45) is 0. The van der Waals surface area contributed by atoms with Crippen molar-refractivity contribution in [1.82, 2.24) is 15.1 Å². The van der Waals surface area contributed by atoms with Crippen LogP contribution < -0.4 is 10.1 Å². The van der Waals surface area contributed by atoms with E-state index < -0.39 is 0 Å². The number of halogens is 1. The van der Waals surface area contributed by atoms with E-state index in [1.165, 1.54) is 0 Å². The van der Waals surface area contributed by atoms with Gasteiger partial charge in [-0.25, -0.2) is 0 Å². The fourth-order valence-electron chi connectivity index (χ4n) is 2.38. The first-order valence-corrected chi connectivity index (χ1v) is 6.99. The van der Waals surface area contributed by atoms with E-state index in [1.807, 2.05) is 41.1 Å². The lowest BCUT2D eigenvalue weighted by molar-refractivity contribution is -0.132. The van der Waals surface area contributed by atoms with Gasteiger partial charge in [0.15, 0.2) is 0 Å². The maximum Gasteiger partial charge on any atom is 0.236 e. The zero-order chi connectivity index (χ0) is 14.4. The summed E-state index contributed by atoms with van der Waals surface area (Å²) in [4.78, 5) is 16.1. The molecule has 6 heteroatoms. The van der Waals surface area contributed by atoms with E-state index in [2.05, 4.69) is 5.32 Å². The smallest absolute Gasteiger partial charge is 0.236 e. The molecule has 21 heavy (non-hydrogen) atoms. The number of likely N-dealkylation sites (N-methyl/N-ethyl adjacent to an activating group) is 1. The largest absolute Gasteiger partial charge is 0.497 e. The fourth-order valence-corrected chi connectivity index (χ4v) is 2.38. The summed E-state index contributed by atoms with van der Waals surface area (Å²) in [6, 6.07) is 7.95. The molecule has 1 aliphatic rings. The molecule has 2 rings (SSSR count). The van der Waals surface area contributed by atoms with Crippen LogP contribution in [0.2, 0.25) is 0 Å². The number of ether oxygens (including phenoxy) is 1. The third-order valence-electron chi connectivity index (χ3n) is 3.46. The highest BCUT2D eigenvalue weighted by molar-refractivity contribution is 5.85. The van der Waals surface area contributed by atoms with Crippen LogP contribution in [0.5, 0.6) is 5.75 Å². The highest BCUT2D eigenvalue weighted by Crippen LogP contribution is 2.13. The Morgan fingerprint density at radius 1 is 1.38 bits per heavy atom. The van der Waals surface area contributed by atoms with E-state index in [0.717, 1.165) is 44.0 Å². The van der Waals surface area contributed by atoms with Gasteiger partial charge in [0.05, 0.1) is 13.7 Å². The summed E-state index contributed by atoms with van der Waals surface area (Å²) in [5, 5.41) is 3.25. The number of nitrogens with one attached hydrogen (secondary N) is 1. The van der Waals surface area contributed by atoms with Gasteiger partial charge in [-0.3, -0.25) is 9.69 Å². The second-order valence-electron chi connectivity index (χ2n) is 5.15. The summed E-state index contributed by atoms with van der Waals surface area (Å²) < 4.78 is 5.21. The van der Waals surface area contributed by atoms with E-state index in [9.17, 15) is 4.79 Å². The van der Waals surface area contributed by atoms with Crippen molar-refractivity contribution < 1.29 is 9.53 Å². The first-order chi connectivity index (χ1) is 9.69. The van der Waals surface area contributed by atoms with E-state index in [4.69, 9.17) is 4.74 Å². The monoisotopic (exact) mass is 313 g/mol. The van der Waals surface area contributed by atoms with Crippen molar-refractivity contribution in [3.8, 4) is 5.75 Å². The highest BCUT2D eigenvalue weighted by atomic mass is 35.5. The maximum absolute atomic E-state index is 12.2. The molecular weight excluding hydrogens is 290 g/mol. The number of methoxy groups -OCH3 is 1. The third-order valence-corrected chi connectivity index (χ3v) is 3.46. The van der Waals surface area contributed by atoms with E-state index in [-0.39, 0.29) is 18.3 Å². The molecule has 118 valence electrons. The van der Waals surface area contributed by atoms with Crippen LogP contribution in [0.15, 0.2) is 24.3 Å². The van der Waals surface area contributed by atoms with Gasteiger partial charge in [-0.05, 0) is 24.7 Å². The molecule has 0 aliphatic carbocycles. The summed E-state index contributed by atoms with van der Waals surface area (Å²) in [6.45, 7) is 4.61. The summed E-state index contributed by atoms with van der Waals surface area (Å²) in [5.74, 6) is 1.06. The van der Waals surface area contributed by atoms with Crippen LogP contribution >= 0.6 is 12.4 Å². The fraction of sp³-hybridized carbons (Fsp3) is 0.533. The minimum absolute atomic E-state index is 0. The molecule has 1 aliphatic heterocycles. The molecule has 0 radical (unpaired) electrons. The highest BCUT2D eigenvalue weighted by Gasteiger charge is 2.17. The van der Waals surface area contributed by atoms with E-state index in [0.29, 0.717) is 6.54 Å². The summed E-state index contributed by atoms with van der Waals surface area (Å²) in [5.41, 5.74) is 1.15. The summed E-state index contributed by atoms with van der Waals surface area (Å²) in [7, 11) is 3.64. The van der Waals surface area contributed by atoms with Crippen LogP contribution in [-0.2, 0) is 11.3 Å². The summed E-state index contributed by atoms with van der Waals surface area (Å²) >= 11 is 0. The predicted octanol–water partition coefficient (Wildman–Crippen LogP) is 0.981. The lowest BCUT2D eigenvalue weighted by atomic mass is 10.2. The number of piperazine rings is 1. The zero-order valence-electron chi connectivity index (χ0n) is 12.7. The first-order valence-electron chi connectivity index (χ1n) is 6.99. The van der Waals surface area contributed by atoms with Crippen molar-refractivity contribution in [3.63, 3.8) is 0 Å². The quantitative estimate of drug-likeness (QED) is 0.880. The van der Waals surface area contributed by atoms with Gasteiger partial charge < -0.3 is 15.0 Å². The number of carbonyl (C=O) groups excluding carboxylic acids is 1. The molecule has 0 atom stereocenters. The van der Waals surface area contributed by atoms with Gasteiger partial charge in [0, 0.05) is 32.7 Å². The van der Waals surface area contributed by atoms with Gasteiger partial charge >= 0.3 is 0 Å². The van der Waals surface area contributed by atoms with Gasteiger partial charge in [0.1, 0.15) is 5.75 Å². The van der Waals surface area contributed by atoms with Gasteiger partial charge in [-0.2, -0.15) is 0 Å². The molecule has 0 spiro atoms. The van der Waals surface area contributed by atoms with E-state index in [1.54, 1.807) is 7.11 Å². The number of benzene rings is 1. The normalized spacial score (nSPS) is 14.7. The van der Waals surface area contributed by atoms with Crippen molar-refractivity contribution in [1.29, 1.82) is 0 Å². The molecular formula is C15H24ClN3O2. The lowest BCUT2D eigenvalue weighted by Gasteiger charge is -2.29. The molecule has 1 aromatic rings. The molecule has 1 amide bonds. The average molecular weight is 314 g/mol. The average Bonchev–Trinajstić information content (AvgIpc) is 2.48. The Kier molecular flexibility index (Phi) is 7.50. The van der Waals surface area contributed by atoms with Gasteiger partial charge in [-0.15, -0.1) is 12.4 Å². The van der Waals surface area contributed by atoms with Crippen LogP contribution in [0.1, 0.15) is 5.56 Å². The second kappa shape index (κ2) is 8.87. The van der Waals surface area contributed by atoms with Crippen molar-refractivity contribution in [2.24, 2.45) is 0 Å². The third kappa shape index (κ3) is 5.53. The molecule has 1 fully saturated rings. The number of nitrogens with zero attached hydrogens (tertiary/aromatic N) is 2. The molecule has 5 nitrogen and oxygen atoms in total. The van der Waals surface area contributed by atoms with Gasteiger partial charge in [0.25, 0.3) is 0 Å². The lowest BCUT2D eigenvalue weighted by Crippen LogP contribution is -2.49. The Morgan fingerprint density at radius 2 is 2.10 bits per heavy atom. The van der Waals surface area contributed by atoms with Gasteiger partial charge in [-0.1, -0.05) is 12.1 Å². The standard InChI is InChI=1S/C15H23N3O2.ClH/c1-17(11-13-4-3-5-14(10-13)20-2)12-15(19)18-8-6-16-7-9-18;/h3-5,10,16H,6-9,11-12H2,1-2H3;1H. The number of hydrogen-bond acceptors (Lipinski definition) is 4. The SMILES string of the molecule is COc1cccc(CN(C)CC(=O)N2CCNCC2)c1.Cl. The Balaban J connectivity index is 0.00000220. The van der Waals surface area contributed by atoms with Crippen LogP contribution in [-0.4, -0.2) is 62.6 Å². The molecule has 1 N–H and O–H groups in total. The molecule has 0 bridgehead atoms. The van der Waals surface area contributed by atoms with Crippen LogP contribution in [0.25, 0.3) is 0 Å². The Bertz CT molecular complexity index is 450. The second-order valence-corrected chi connectivity index (χ2v) is 5.15.